The number of nitrogens with one attached hydrogen (secondary N) is 1. The predicted molar refractivity (Wildman–Crippen MR) is 114 cm³/mol. The van der Waals surface area contributed by atoms with E-state index in [1.807, 2.05) is 0 Å². The predicted octanol–water partition coefficient (Wildman–Crippen LogP) is 3.50. The normalized spacial score (nSPS) is 19.8. The number of halogens is 3. The topological polar surface area (TPSA) is 69.6 Å². The Morgan fingerprint density at radius 1 is 1.13 bits per heavy atom. The van der Waals surface area contributed by atoms with Crippen LogP contribution in [0.4, 0.5) is 13.2 Å². The molecule has 0 spiro atoms. The minimum Gasteiger partial charge on any atom is -0.395 e. The van der Waals surface area contributed by atoms with Gasteiger partial charge in [-0.05, 0) is 62.4 Å². The molecule has 0 aliphatic heterocycles. The molecule has 0 unspecified atom stereocenters. The fraction of sp³-hybridized carbons (Fsp3) is 0.636. The highest BCUT2D eigenvalue weighted by molar-refractivity contribution is 7.89. The number of benzene rings is 1. The Hall–Kier alpha value is -1.60. The van der Waals surface area contributed by atoms with Crippen molar-refractivity contribution < 1.29 is 26.7 Å². The minimum absolute atomic E-state index is 0.147. The molecule has 2 N–H and O–H groups in total. The van der Waals surface area contributed by atoms with Gasteiger partial charge in [0.15, 0.2) is 0 Å². The molecule has 1 saturated carbocycles. The fourth-order valence-electron chi connectivity index (χ4n) is 3.64. The van der Waals surface area contributed by atoms with Crippen molar-refractivity contribution in [1.29, 1.82) is 0 Å². The van der Waals surface area contributed by atoms with Crippen LogP contribution < -0.4 is 4.72 Å². The molecule has 174 valence electrons. The Balaban J connectivity index is 1.76. The van der Waals surface area contributed by atoms with Crippen LogP contribution in [0.1, 0.15) is 44.6 Å². The van der Waals surface area contributed by atoms with Crippen molar-refractivity contribution in [2.45, 2.75) is 50.1 Å². The Kier molecular flexibility index (Phi) is 9.82. The van der Waals surface area contributed by atoms with Crippen LogP contribution in [0.25, 0.3) is 0 Å². The van der Waals surface area contributed by atoms with E-state index in [0.29, 0.717) is 12.5 Å². The van der Waals surface area contributed by atoms with Gasteiger partial charge in [0.25, 0.3) is 0 Å². The summed E-state index contributed by atoms with van der Waals surface area (Å²) < 4.78 is 65.2. The minimum atomic E-state index is -4.49. The van der Waals surface area contributed by atoms with Gasteiger partial charge in [-0.1, -0.05) is 12.8 Å². The Morgan fingerprint density at radius 3 is 2.32 bits per heavy atom. The second kappa shape index (κ2) is 11.9. The van der Waals surface area contributed by atoms with E-state index in [-0.39, 0.29) is 24.0 Å². The van der Waals surface area contributed by atoms with Crippen LogP contribution in [0, 0.1) is 23.7 Å². The number of aliphatic hydroxyl groups is 1. The van der Waals surface area contributed by atoms with Crippen LogP contribution in [0.5, 0.6) is 0 Å². The monoisotopic (exact) mass is 460 g/mol. The van der Waals surface area contributed by atoms with Crippen molar-refractivity contribution in [3.05, 3.63) is 29.8 Å². The Labute approximate surface area is 183 Å². The average molecular weight is 461 g/mol. The molecule has 9 heteroatoms. The van der Waals surface area contributed by atoms with Crippen molar-refractivity contribution in [2.75, 3.05) is 32.8 Å². The summed E-state index contributed by atoms with van der Waals surface area (Å²) in [5.74, 6) is 7.04. The van der Waals surface area contributed by atoms with Crippen molar-refractivity contribution in [2.24, 2.45) is 11.8 Å². The van der Waals surface area contributed by atoms with E-state index in [1.54, 1.807) is 0 Å². The van der Waals surface area contributed by atoms with Gasteiger partial charge in [0.1, 0.15) is 0 Å². The van der Waals surface area contributed by atoms with Gasteiger partial charge in [-0.15, -0.1) is 5.92 Å². The molecular formula is C22H31F3N2O3S. The molecule has 2 rings (SSSR count). The van der Waals surface area contributed by atoms with Crippen LogP contribution in [0.15, 0.2) is 29.2 Å². The number of alkyl halides is 3. The highest BCUT2D eigenvalue weighted by atomic mass is 32.2. The molecule has 0 amide bonds. The van der Waals surface area contributed by atoms with Gasteiger partial charge in [-0.3, -0.25) is 0 Å². The second-order valence-corrected chi connectivity index (χ2v) is 9.59. The molecule has 1 aromatic rings. The lowest BCUT2D eigenvalue weighted by Gasteiger charge is -2.25. The number of sulfonamides is 1. The summed E-state index contributed by atoms with van der Waals surface area (Å²) in [6.07, 6.45) is -0.185. The van der Waals surface area contributed by atoms with Crippen LogP contribution in [0.3, 0.4) is 0 Å². The summed E-state index contributed by atoms with van der Waals surface area (Å²) in [5, 5.41) is 8.99. The Bertz CT molecular complexity index is 837. The Morgan fingerprint density at radius 2 is 1.77 bits per heavy atom. The molecular weight excluding hydrogens is 429 g/mol. The second-order valence-electron chi connectivity index (χ2n) is 7.82. The van der Waals surface area contributed by atoms with Crippen molar-refractivity contribution in [3.8, 4) is 11.8 Å². The number of aliphatic hydroxyl groups excluding tert-OH is 1. The molecule has 1 aliphatic carbocycles. The smallest absolute Gasteiger partial charge is 0.395 e. The summed E-state index contributed by atoms with van der Waals surface area (Å²) in [5.41, 5.74) is -0.873. The molecule has 0 radical (unpaired) electrons. The fourth-order valence-corrected chi connectivity index (χ4v) is 4.76. The maximum absolute atomic E-state index is 12.6. The third-order valence-electron chi connectivity index (χ3n) is 5.62. The molecule has 0 heterocycles. The van der Waals surface area contributed by atoms with Gasteiger partial charge < -0.3 is 10.0 Å². The molecule has 1 aliphatic rings. The molecule has 0 aromatic heterocycles. The summed E-state index contributed by atoms with van der Waals surface area (Å²) in [7, 11) is -3.84. The van der Waals surface area contributed by atoms with E-state index in [4.69, 9.17) is 5.11 Å². The molecule has 0 bridgehead atoms. The van der Waals surface area contributed by atoms with Gasteiger partial charge in [-0.2, -0.15) is 13.2 Å². The first-order valence-corrected chi connectivity index (χ1v) is 12.1. The largest absolute Gasteiger partial charge is 0.416 e. The van der Waals surface area contributed by atoms with Crippen LogP contribution >= 0.6 is 0 Å². The van der Waals surface area contributed by atoms with E-state index in [9.17, 15) is 21.6 Å². The maximum atomic E-state index is 12.6. The van der Waals surface area contributed by atoms with Gasteiger partial charge in [0.2, 0.25) is 10.0 Å². The van der Waals surface area contributed by atoms with Gasteiger partial charge in [0.05, 0.1) is 17.1 Å². The third kappa shape index (κ3) is 8.45. The van der Waals surface area contributed by atoms with Crippen molar-refractivity contribution in [1.82, 2.24) is 9.62 Å². The quantitative estimate of drug-likeness (QED) is 0.554. The first-order chi connectivity index (χ1) is 14.7. The van der Waals surface area contributed by atoms with E-state index in [0.717, 1.165) is 69.5 Å². The maximum Gasteiger partial charge on any atom is 0.416 e. The lowest BCUT2D eigenvalue weighted by atomic mass is 9.82. The van der Waals surface area contributed by atoms with Gasteiger partial charge in [-0.25, -0.2) is 13.1 Å². The number of hydrogen-bond acceptors (Lipinski definition) is 4. The molecule has 0 saturated heterocycles. The molecule has 31 heavy (non-hydrogen) atoms. The number of likely N-dealkylation sites (N-methyl/N-ethyl adjacent to an activating group) is 1. The lowest BCUT2D eigenvalue weighted by molar-refractivity contribution is -0.137. The van der Waals surface area contributed by atoms with Crippen molar-refractivity contribution >= 4 is 10.0 Å². The summed E-state index contributed by atoms with van der Waals surface area (Å²) >= 11 is 0. The first kappa shape index (κ1) is 25.7. The van der Waals surface area contributed by atoms with Gasteiger partial charge in [0, 0.05) is 32.0 Å². The standard InChI is InChI=1S/C22H31F3N2O3S/c1-2-27(15-16-28)14-4-3-5-18-6-8-19(9-7-18)17-26-31(29,30)21-12-10-20(11-13-21)22(23,24)25/h10-13,18-19,26,28H,2,4,6-9,14-17H2,1H3. The zero-order valence-electron chi connectivity index (χ0n) is 17.8. The van der Waals surface area contributed by atoms with E-state index >= 15 is 0 Å². The van der Waals surface area contributed by atoms with Crippen LogP contribution in [0.2, 0.25) is 0 Å². The lowest BCUT2D eigenvalue weighted by Crippen LogP contribution is -2.31. The first-order valence-electron chi connectivity index (χ1n) is 10.6. The highest BCUT2D eigenvalue weighted by Crippen LogP contribution is 2.30. The molecule has 1 fully saturated rings. The van der Waals surface area contributed by atoms with Crippen LogP contribution in [-0.4, -0.2) is 51.2 Å². The van der Waals surface area contributed by atoms with Gasteiger partial charge >= 0.3 is 6.18 Å². The van der Waals surface area contributed by atoms with E-state index < -0.39 is 21.8 Å². The molecule has 1 aromatic carbocycles. The summed E-state index contributed by atoms with van der Waals surface area (Å²) in [4.78, 5) is 1.98. The molecule has 0 atom stereocenters. The van der Waals surface area contributed by atoms with E-state index in [1.165, 1.54) is 0 Å². The zero-order valence-corrected chi connectivity index (χ0v) is 18.6. The third-order valence-corrected chi connectivity index (χ3v) is 7.06. The number of hydrogen-bond donors (Lipinski definition) is 2. The number of rotatable bonds is 9. The highest BCUT2D eigenvalue weighted by Gasteiger charge is 2.30. The summed E-state index contributed by atoms with van der Waals surface area (Å²) in [6.45, 7) is 4.85. The summed E-state index contributed by atoms with van der Waals surface area (Å²) in [6, 6.07) is 3.53. The number of nitrogens with zero attached hydrogens (tertiary/aromatic N) is 1. The zero-order chi connectivity index (χ0) is 22.9. The van der Waals surface area contributed by atoms with Crippen LogP contribution in [-0.2, 0) is 16.2 Å². The molecule has 5 nitrogen and oxygen atoms in total. The average Bonchev–Trinajstić information content (AvgIpc) is 2.75. The van der Waals surface area contributed by atoms with E-state index in [2.05, 4.69) is 28.4 Å². The van der Waals surface area contributed by atoms with Crippen molar-refractivity contribution in [3.63, 3.8) is 0 Å². The SMILES string of the molecule is CCN(CCO)CCC#CC1CCC(CNS(=O)(=O)c2ccc(C(F)(F)F)cc2)CC1.